The van der Waals surface area contributed by atoms with Gasteiger partial charge in [-0.2, -0.15) is 0 Å². The van der Waals surface area contributed by atoms with E-state index in [1.807, 2.05) is 20.8 Å². The first-order chi connectivity index (χ1) is 7.33. The highest BCUT2D eigenvalue weighted by Crippen LogP contribution is 2.15. The fourth-order valence-corrected chi connectivity index (χ4v) is 1.26. The van der Waals surface area contributed by atoms with E-state index in [0.29, 0.717) is 5.69 Å². The van der Waals surface area contributed by atoms with Crippen LogP contribution in [-0.2, 0) is 0 Å². The average Bonchev–Trinajstić information content (AvgIpc) is 2.17. The topological polar surface area (TPSA) is 42.0 Å². The van der Waals surface area contributed by atoms with Crippen molar-refractivity contribution in [2.45, 2.75) is 31.7 Å². The van der Waals surface area contributed by atoms with Gasteiger partial charge in [-0.05, 0) is 48.8 Å². The van der Waals surface area contributed by atoms with E-state index in [-0.39, 0.29) is 11.3 Å². The average molecular weight is 306 g/mol. The number of aromatic nitrogens is 1. The highest BCUT2D eigenvalue weighted by Gasteiger charge is 2.26. The van der Waals surface area contributed by atoms with E-state index < -0.39 is 5.54 Å². The van der Waals surface area contributed by atoms with Gasteiger partial charge in [-0.15, -0.1) is 11.6 Å². The van der Waals surface area contributed by atoms with Gasteiger partial charge in [0.2, 0.25) is 0 Å². The second-order valence-electron chi connectivity index (χ2n) is 4.15. The van der Waals surface area contributed by atoms with Crippen LogP contribution in [0.5, 0.6) is 0 Å². The van der Waals surface area contributed by atoms with Crippen molar-refractivity contribution >= 4 is 33.4 Å². The van der Waals surface area contributed by atoms with Crippen molar-refractivity contribution < 1.29 is 4.79 Å². The molecule has 1 aromatic rings. The number of hydrogen-bond acceptors (Lipinski definition) is 2. The van der Waals surface area contributed by atoms with Crippen molar-refractivity contribution in [2.75, 3.05) is 0 Å². The zero-order valence-corrected chi connectivity index (χ0v) is 11.8. The Bertz CT molecular complexity index is 376. The smallest absolute Gasteiger partial charge is 0.270 e. The number of rotatable bonds is 3. The molecule has 0 saturated carbocycles. The predicted octanol–water partition coefficient (Wildman–Crippen LogP) is 2.98. The number of hydrogen-bond donors (Lipinski definition) is 1. The van der Waals surface area contributed by atoms with Crippen molar-refractivity contribution in [1.29, 1.82) is 0 Å². The summed E-state index contributed by atoms with van der Waals surface area (Å²) in [6.45, 7) is 5.60. The Kier molecular flexibility index (Phi) is 4.33. The maximum Gasteiger partial charge on any atom is 0.270 e. The highest BCUT2D eigenvalue weighted by atomic mass is 79.9. The van der Waals surface area contributed by atoms with Crippen LogP contribution in [0.4, 0.5) is 0 Å². The molecule has 16 heavy (non-hydrogen) atoms. The largest absolute Gasteiger partial charge is 0.344 e. The van der Waals surface area contributed by atoms with Crippen molar-refractivity contribution in [3.8, 4) is 0 Å². The van der Waals surface area contributed by atoms with Crippen LogP contribution in [0.3, 0.4) is 0 Å². The Labute approximate surface area is 109 Å². The van der Waals surface area contributed by atoms with Crippen molar-refractivity contribution in [1.82, 2.24) is 10.3 Å². The van der Waals surface area contributed by atoms with E-state index in [1.165, 1.54) is 0 Å². The third-order valence-corrected chi connectivity index (χ3v) is 3.40. The summed E-state index contributed by atoms with van der Waals surface area (Å²) in [5, 5.41) is 2.68. The molecule has 0 saturated heterocycles. The van der Waals surface area contributed by atoms with Crippen LogP contribution in [0.1, 0.15) is 31.3 Å². The quantitative estimate of drug-likeness (QED) is 0.872. The molecule has 0 bridgehead atoms. The molecular formula is C11H14BrClN2O. The number of pyridine rings is 1. The fraction of sp³-hybridized carbons (Fsp3) is 0.455. The molecule has 0 fully saturated rings. The number of carbonyl (C=O) groups excluding carboxylic acids is 1. The van der Waals surface area contributed by atoms with E-state index in [0.717, 1.165) is 4.47 Å². The van der Waals surface area contributed by atoms with Crippen LogP contribution in [0.15, 0.2) is 22.8 Å². The minimum atomic E-state index is -0.465. The Morgan fingerprint density at radius 1 is 1.56 bits per heavy atom. The van der Waals surface area contributed by atoms with Gasteiger partial charge < -0.3 is 5.32 Å². The number of nitrogens with zero attached hydrogens (tertiary/aromatic N) is 1. The lowest BCUT2D eigenvalue weighted by molar-refractivity contribution is 0.0907. The predicted molar refractivity (Wildman–Crippen MR) is 68.8 cm³/mol. The monoisotopic (exact) mass is 304 g/mol. The number of amides is 1. The number of halogens is 2. The molecule has 1 unspecified atom stereocenters. The molecule has 88 valence electrons. The third kappa shape index (κ3) is 3.46. The maximum atomic E-state index is 11.8. The van der Waals surface area contributed by atoms with Crippen molar-refractivity contribution in [2.24, 2.45) is 0 Å². The number of nitrogens with one attached hydrogen (secondary N) is 1. The molecule has 3 nitrogen and oxygen atoms in total. The molecule has 0 aliphatic heterocycles. The van der Waals surface area contributed by atoms with Crippen LogP contribution >= 0.6 is 27.5 Å². The molecule has 1 N–H and O–H groups in total. The van der Waals surface area contributed by atoms with Gasteiger partial charge in [0.05, 0.1) is 10.9 Å². The maximum absolute atomic E-state index is 11.8. The van der Waals surface area contributed by atoms with E-state index >= 15 is 0 Å². The Hall–Kier alpha value is -0.610. The summed E-state index contributed by atoms with van der Waals surface area (Å²) in [5.41, 5.74) is -0.0819. The first-order valence-corrected chi connectivity index (χ1v) is 6.14. The molecule has 1 aromatic heterocycles. The Morgan fingerprint density at radius 2 is 2.19 bits per heavy atom. The minimum absolute atomic E-state index is 0.160. The van der Waals surface area contributed by atoms with Crippen LogP contribution < -0.4 is 5.32 Å². The van der Waals surface area contributed by atoms with Crippen molar-refractivity contribution in [3.05, 3.63) is 28.5 Å². The molecule has 0 spiro atoms. The summed E-state index contributed by atoms with van der Waals surface area (Å²) in [4.78, 5) is 15.8. The number of carbonyl (C=O) groups is 1. The molecule has 1 heterocycles. The molecular weight excluding hydrogens is 291 g/mol. The number of alkyl halides is 1. The second-order valence-corrected chi connectivity index (χ2v) is 5.72. The SMILES string of the molecule is CC(Cl)C(C)(C)NC(=O)c1ccc(Br)cn1. The van der Waals surface area contributed by atoms with Gasteiger partial charge in [-0.25, -0.2) is 4.98 Å². The first-order valence-electron chi connectivity index (χ1n) is 4.91. The van der Waals surface area contributed by atoms with Gasteiger partial charge in [0.1, 0.15) is 5.69 Å². The Morgan fingerprint density at radius 3 is 2.62 bits per heavy atom. The summed E-state index contributed by atoms with van der Waals surface area (Å²) in [7, 11) is 0. The molecule has 0 aliphatic carbocycles. The van der Waals surface area contributed by atoms with Gasteiger partial charge >= 0.3 is 0 Å². The lowest BCUT2D eigenvalue weighted by Crippen LogP contribution is -2.49. The van der Waals surface area contributed by atoms with Crippen LogP contribution in [0.2, 0.25) is 0 Å². The van der Waals surface area contributed by atoms with E-state index in [1.54, 1.807) is 18.3 Å². The summed E-state index contributed by atoms with van der Waals surface area (Å²) in [6.07, 6.45) is 1.59. The zero-order valence-electron chi connectivity index (χ0n) is 9.42. The van der Waals surface area contributed by atoms with Gasteiger partial charge in [0.15, 0.2) is 0 Å². The highest BCUT2D eigenvalue weighted by molar-refractivity contribution is 9.10. The molecule has 0 aromatic carbocycles. The van der Waals surface area contributed by atoms with Gasteiger partial charge in [0, 0.05) is 10.7 Å². The third-order valence-electron chi connectivity index (χ3n) is 2.39. The van der Waals surface area contributed by atoms with Gasteiger partial charge in [-0.3, -0.25) is 4.79 Å². The van der Waals surface area contributed by atoms with E-state index in [4.69, 9.17) is 11.6 Å². The molecule has 1 rings (SSSR count). The molecule has 5 heteroatoms. The summed E-state index contributed by atoms with van der Waals surface area (Å²) < 4.78 is 0.842. The summed E-state index contributed by atoms with van der Waals surface area (Å²) >= 11 is 9.25. The van der Waals surface area contributed by atoms with Crippen molar-refractivity contribution in [3.63, 3.8) is 0 Å². The first kappa shape index (κ1) is 13.5. The zero-order chi connectivity index (χ0) is 12.3. The lowest BCUT2D eigenvalue weighted by atomic mass is 10.0. The second kappa shape index (κ2) is 5.15. The fourth-order valence-electron chi connectivity index (χ4n) is 0.966. The molecule has 0 aliphatic rings. The van der Waals surface area contributed by atoms with Crippen LogP contribution in [-0.4, -0.2) is 21.8 Å². The van der Waals surface area contributed by atoms with Crippen LogP contribution in [0.25, 0.3) is 0 Å². The Balaban J connectivity index is 2.77. The van der Waals surface area contributed by atoms with Gasteiger partial charge in [-0.1, -0.05) is 0 Å². The standard InChI is InChI=1S/C11H14BrClN2O/c1-7(13)11(2,3)15-10(16)9-5-4-8(12)6-14-9/h4-7H,1-3H3,(H,15,16). The minimum Gasteiger partial charge on any atom is -0.344 e. The molecule has 1 atom stereocenters. The summed E-state index contributed by atoms with van der Waals surface area (Å²) in [6, 6.07) is 3.44. The normalized spacial score (nSPS) is 13.3. The van der Waals surface area contributed by atoms with E-state index in [9.17, 15) is 4.79 Å². The summed E-state index contributed by atoms with van der Waals surface area (Å²) in [5.74, 6) is -0.218. The molecule has 0 radical (unpaired) electrons. The van der Waals surface area contributed by atoms with Gasteiger partial charge in [0.25, 0.3) is 5.91 Å². The van der Waals surface area contributed by atoms with Crippen LogP contribution in [0, 0.1) is 0 Å². The van der Waals surface area contributed by atoms with E-state index in [2.05, 4.69) is 26.2 Å². The lowest BCUT2D eigenvalue weighted by Gasteiger charge is -2.28. The molecule has 1 amide bonds.